The molecule has 1 saturated heterocycles. The van der Waals surface area contributed by atoms with Crippen LogP contribution in [0.1, 0.15) is 29.4 Å². The number of Topliss-reactive ketones (excluding diaryl/α,β-unsaturated/α-hetero) is 1. The van der Waals surface area contributed by atoms with Gasteiger partial charge in [0.2, 0.25) is 17.6 Å². The van der Waals surface area contributed by atoms with E-state index in [1.165, 1.54) is 18.2 Å². The molecule has 1 saturated carbocycles. The van der Waals surface area contributed by atoms with E-state index < -0.39 is 70.3 Å². The Labute approximate surface area is 164 Å². The number of halogens is 5. The molecule has 2 aromatic carbocycles. The molecule has 0 radical (unpaired) electrons. The third-order valence-corrected chi connectivity index (χ3v) is 6.17. The number of benzene rings is 2. The van der Waals surface area contributed by atoms with Crippen molar-refractivity contribution in [2.45, 2.75) is 18.3 Å². The van der Waals surface area contributed by atoms with Crippen LogP contribution in [-0.4, -0.2) is 22.7 Å². The van der Waals surface area contributed by atoms with E-state index in [0.29, 0.717) is 11.1 Å². The van der Waals surface area contributed by atoms with E-state index in [9.17, 15) is 41.4 Å². The summed E-state index contributed by atoms with van der Waals surface area (Å²) in [5, 5.41) is 9.77. The zero-order valence-electron chi connectivity index (χ0n) is 14.8. The van der Waals surface area contributed by atoms with E-state index >= 15 is 0 Å². The van der Waals surface area contributed by atoms with Gasteiger partial charge in [0.15, 0.2) is 23.3 Å². The number of ketones is 1. The Morgan fingerprint density at radius 2 is 1.37 bits per heavy atom. The van der Waals surface area contributed by atoms with Crippen LogP contribution in [0.5, 0.6) is 5.75 Å². The van der Waals surface area contributed by atoms with E-state index in [2.05, 4.69) is 0 Å². The van der Waals surface area contributed by atoms with Crippen molar-refractivity contribution in [1.29, 1.82) is 0 Å². The lowest BCUT2D eigenvalue weighted by Crippen LogP contribution is -2.44. The van der Waals surface area contributed by atoms with Gasteiger partial charge >= 0.3 is 0 Å². The van der Waals surface area contributed by atoms with Gasteiger partial charge in [0.05, 0.1) is 17.8 Å². The Morgan fingerprint density at radius 1 is 0.800 bits per heavy atom. The molecule has 4 aliphatic rings. The summed E-state index contributed by atoms with van der Waals surface area (Å²) in [6, 6.07) is 4.06. The fourth-order valence-corrected chi connectivity index (χ4v) is 5.00. The number of phenolic OH excluding ortho intramolecular Hbond substituents is 1. The number of amides is 2. The monoisotopic (exact) mass is 423 g/mol. The highest BCUT2D eigenvalue weighted by molar-refractivity contribution is 6.24. The first-order chi connectivity index (χ1) is 14.1. The molecular weight excluding hydrogens is 413 g/mol. The van der Waals surface area contributed by atoms with Crippen LogP contribution in [0.3, 0.4) is 0 Å². The molecule has 0 spiro atoms. The molecule has 10 heteroatoms. The van der Waals surface area contributed by atoms with Gasteiger partial charge < -0.3 is 5.11 Å². The summed E-state index contributed by atoms with van der Waals surface area (Å²) in [5.74, 6) is -19.0. The number of nitrogens with zero attached hydrogens (tertiary/aromatic N) is 1. The number of phenols is 1. The highest BCUT2D eigenvalue weighted by atomic mass is 19.2. The molecule has 2 bridgehead atoms. The maximum atomic E-state index is 14.3. The van der Waals surface area contributed by atoms with Crippen LogP contribution in [0.4, 0.5) is 27.6 Å². The Bertz CT molecular complexity index is 1170. The molecule has 1 aliphatic heterocycles. The van der Waals surface area contributed by atoms with E-state index in [0.717, 1.165) is 0 Å². The van der Waals surface area contributed by atoms with E-state index in [4.69, 9.17) is 0 Å². The van der Waals surface area contributed by atoms with Gasteiger partial charge in [-0.2, -0.15) is 0 Å². The predicted molar refractivity (Wildman–Crippen MR) is 88.9 cm³/mol. The second-order valence-electron chi connectivity index (χ2n) is 7.55. The number of hydrogen-bond donors (Lipinski definition) is 1. The van der Waals surface area contributed by atoms with E-state index in [-0.39, 0.29) is 22.9 Å². The number of hydrogen-bond acceptors (Lipinski definition) is 4. The molecule has 30 heavy (non-hydrogen) atoms. The van der Waals surface area contributed by atoms with Crippen LogP contribution in [0.2, 0.25) is 0 Å². The second kappa shape index (κ2) is 5.87. The van der Waals surface area contributed by atoms with E-state index in [1.54, 1.807) is 0 Å². The largest absolute Gasteiger partial charge is 0.508 e. The Hall–Kier alpha value is -3.30. The first-order valence-electron chi connectivity index (χ1n) is 8.89. The Morgan fingerprint density at radius 3 is 2.00 bits per heavy atom. The molecule has 0 unspecified atom stereocenters. The smallest absolute Gasteiger partial charge is 0.238 e. The summed E-state index contributed by atoms with van der Waals surface area (Å²) in [5.41, 5.74) is -0.800. The van der Waals surface area contributed by atoms with Crippen molar-refractivity contribution < 1.29 is 41.4 Å². The summed E-state index contributed by atoms with van der Waals surface area (Å²) in [6.07, 6.45) is -0.147. The van der Waals surface area contributed by atoms with Gasteiger partial charge in [-0.15, -0.1) is 0 Å². The number of anilines is 1. The lowest BCUT2D eigenvalue weighted by Gasteiger charge is -2.43. The number of imide groups is 1. The average Bonchev–Trinajstić information content (AvgIpc) is 2.97. The van der Waals surface area contributed by atoms with Crippen LogP contribution in [-0.2, 0) is 14.4 Å². The highest BCUT2D eigenvalue weighted by Gasteiger charge is 2.63. The molecule has 5 nitrogen and oxygen atoms in total. The molecule has 6 rings (SSSR count). The maximum absolute atomic E-state index is 14.3. The molecule has 2 amide bonds. The van der Waals surface area contributed by atoms with Crippen LogP contribution >= 0.6 is 0 Å². The summed E-state index contributed by atoms with van der Waals surface area (Å²) in [4.78, 5) is 38.6. The van der Waals surface area contributed by atoms with Crippen LogP contribution in [0, 0.1) is 40.9 Å². The molecule has 0 aromatic heterocycles. The number of carbonyl (C=O) groups is 3. The zero-order chi connectivity index (χ0) is 21.6. The number of carbonyl (C=O) groups excluding carboxylic acids is 3. The SMILES string of the molecule is O=C1C[C@H]2c3cc(O)ccc3[C@@H]1[C@H]1C(=O)N(c3c(F)c(F)c(F)c(F)c3F)C(=O)[C@H]12. The minimum atomic E-state index is -2.41. The van der Waals surface area contributed by atoms with Gasteiger partial charge in [-0.3, -0.25) is 14.4 Å². The standard InChI is InChI=1S/C20H10F5NO4/c21-13-14(22)16(24)18(17(25)15(13)23)26-19(29)11-8-4-9(28)10(12(11)20(26)30)6-2-1-5(27)3-7(6)8/h1-3,8,10-12,27H,4H2/t8-,10-,11-,12+/m0/s1. The maximum Gasteiger partial charge on any atom is 0.238 e. The molecule has 2 fully saturated rings. The molecule has 2 aromatic rings. The number of aromatic hydroxyl groups is 1. The molecular formula is C20H10F5NO4. The first kappa shape index (κ1) is 18.7. The van der Waals surface area contributed by atoms with Gasteiger partial charge in [-0.25, -0.2) is 26.9 Å². The third kappa shape index (κ3) is 2.08. The molecule has 154 valence electrons. The van der Waals surface area contributed by atoms with Gasteiger partial charge in [-0.05, 0) is 23.3 Å². The minimum absolute atomic E-state index is 0.0318. The summed E-state index contributed by atoms with van der Waals surface area (Å²) in [7, 11) is 0. The molecule has 4 atom stereocenters. The Kier molecular flexibility index (Phi) is 3.66. The van der Waals surface area contributed by atoms with Crippen molar-refractivity contribution in [2.75, 3.05) is 4.90 Å². The summed E-state index contributed by atoms with van der Waals surface area (Å²) in [6.45, 7) is 0. The molecule has 3 aliphatic carbocycles. The lowest BCUT2D eigenvalue weighted by molar-refractivity contribution is -0.134. The summed E-state index contributed by atoms with van der Waals surface area (Å²) >= 11 is 0. The van der Waals surface area contributed by atoms with E-state index in [1.807, 2.05) is 0 Å². The van der Waals surface area contributed by atoms with Crippen molar-refractivity contribution in [3.05, 3.63) is 58.4 Å². The summed E-state index contributed by atoms with van der Waals surface area (Å²) < 4.78 is 69.4. The lowest BCUT2D eigenvalue weighted by atomic mass is 9.56. The van der Waals surface area contributed by atoms with Crippen molar-refractivity contribution in [3.63, 3.8) is 0 Å². The van der Waals surface area contributed by atoms with Crippen molar-refractivity contribution in [1.82, 2.24) is 0 Å². The van der Waals surface area contributed by atoms with Gasteiger partial charge in [0, 0.05) is 12.3 Å². The van der Waals surface area contributed by atoms with Crippen LogP contribution in [0.25, 0.3) is 0 Å². The highest BCUT2D eigenvalue weighted by Crippen LogP contribution is 2.58. The van der Waals surface area contributed by atoms with Crippen molar-refractivity contribution >= 4 is 23.3 Å². The van der Waals surface area contributed by atoms with Gasteiger partial charge in [0.25, 0.3) is 0 Å². The first-order valence-corrected chi connectivity index (χ1v) is 8.89. The predicted octanol–water partition coefficient (Wildman–Crippen LogP) is 3.05. The second-order valence-corrected chi connectivity index (χ2v) is 7.55. The fraction of sp³-hybridized carbons (Fsp3) is 0.250. The van der Waals surface area contributed by atoms with Crippen molar-refractivity contribution in [2.24, 2.45) is 11.8 Å². The van der Waals surface area contributed by atoms with Gasteiger partial charge in [0.1, 0.15) is 17.2 Å². The Balaban J connectivity index is 1.70. The quantitative estimate of drug-likeness (QED) is 0.331. The molecule has 1 N–H and O–H groups in total. The van der Waals surface area contributed by atoms with Crippen LogP contribution < -0.4 is 4.90 Å². The zero-order valence-corrected chi connectivity index (χ0v) is 14.8. The average molecular weight is 423 g/mol. The topological polar surface area (TPSA) is 74.7 Å². The number of fused-ring (bicyclic) bond motifs is 1. The third-order valence-electron chi connectivity index (χ3n) is 6.17. The normalized spacial score (nSPS) is 27.0. The van der Waals surface area contributed by atoms with Crippen LogP contribution in [0.15, 0.2) is 18.2 Å². The fourth-order valence-electron chi connectivity index (χ4n) is 5.00. The van der Waals surface area contributed by atoms with Crippen molar-refractivity contribution in [3.8, 4) is 5.75 Å². The minimum Gasteiger partial charge on any atom is -0.508 e. The van der Waals surface area contributed by atoms with Gasteiger partial charge in [-0.1, -0.05) is 6.07 Å². The number of rotatable bonds is 1. The molecule has 1 heterocycles.